The quantitative estimate of drug-likeness (QED) is 0.271. The van der Waals surface area contributed by atoms with Gasteiger partial charge in [-0.05, 0) is 124 Å². The first-order valence-corrected chi connectivity index (χ1v) is 20.8. The summed E-state index contributed by atoms with van der Waals surface area (Å²) in [6, 6.07) is 4.42. The molecule has 9 heteroatoms. The standard InChI is InChI=1S/C44H65N5O4/c1-27(2)28(3)40(5)18-19-42(7)32-12-13-35-41(6)25-53-29(4)44(35,33(32)14-17-43(42,8)36(40)39(50)51)23-34(37(41)52-24-31-11-10-22-48(31)9)49-38(46-26-47-49)30-15-20-45-21-16-30/h14-16,20-21,26-29,31-32,34-37H,10-13,17-19,22-25H2,1-9H3,(H,50,51)/t28-,29+,31-,32+,34-,35+,36-,37+,40-,41-,42-,43+,44+/m1/s1. The van der Waals surface area contributed by atoms with Crippen LogP contribution in [0.2, 0.25) is 0 Å². The summed E-state index contributed by atoms with van der Waals surface area (Å²) >= 11 is 0. The van der Waals surface area contributed by atoms with Crippen LogP contribution >= 0.6 is 0 Å². The van der Waals surface area contributed by atoms with Gasteiger partial charge in [-0.15, -0.1) is 0 Å². The molecular weight excluding hydrogens is 663 g/mol. The van der Waals surface area contributed by atoms with Crippen LogP contribution in [-0.2, 0) is 14.3 Å². The zero-order valence-electron chi connectivity index (χ0n) is 33.8. The number of likely N-dealkylation sites (tertiary alicyclic amines) is 1. The van der Waals surface area contributed by atoms with Crippen LogP contribution in [0, 0.1) is 56.7 Å². The minimum absolute atomic E-state index is 0.0185. The molecule has 2 aliphatic heterocycles. The van der Waals surface area contributed by atoms with E-state index in [4.69, 9.17) is 19.6 Å². The molecule has 8 rings (SSSR count). The fraction of sp³-hybridized carbons (Fsp3) is 0.773. The van der Waals surface area contributed by atoms with E-state index in [9.17, 15) is 9.90 Å². The van der Waals surface area contributed by atoms with Crippen LogP contribution in [0.3, 0.4) is 0 Å². The zero-order chi connectivity index (χ0) is 37.7. The molecule has 2 saturated heterocycles. The molecule has 0 unspecified atom stereocenters. The summed E-state index contributed by atoms with van der Waals surface area (Å²) in [6.45, 7) is 21.2. The Bertz CT molecular complexity index is 1730. The van der Waals surface area contributed by atoms with Crippen molar-refractivity contribution < 1.29 is 19.4 Å². The highest BCUT2D eigenvalue weighted by Crippen LogP contribution is 2.76. The van der Waals surface area contributed by atoms with Crippen LogP contribution in [0.15, 0.2) is 42.5 Å². The number of aromatic nitrogens is 4. The number of carbonyl (C=O) groups is 1. The third-order valence-corrected chi connectivity index (χ3v) is 17.5. The van der Waals surface area contributed by atoms with Crippen molar-refractivity contribution in [1.82, 2.24) is 24.6 Å². The summed E-state index contributed by atoms with van der Waals surface area (Å²) in [7, 11) is 2.23. The fourth-order valence-corrected chi connectivity index (χ4v) is 14.0. The van der Waals surface area contributed by atoms with E-state index in [1.807, 2.05) is 24.5 Å². The van der Waals surface area contributed by atoms with E-state index in [0.29, 0.717) is 42.9 Å². The maximum Gasteiger partial charge on any atom is 0.307 e. The summed E-state index contributed by atoms with van der Waals surface area (Å²) in [5.41, 5.74) is 1.31. The maximum absolute atomic E-state index is 13.6. The van der Waals surface area contributed by atoms with Crippen molar-refractivity contribution >= 4 is 5.97 Å². The van der Waals surface area contributed by atoms with Crippen LogP contribution in [-0.4, -0.2) is 80.8 Å². The topological polar surface area (TPSA) is 103 Å². The fourth-order valence-electron chi connectivity index (χ4n) is 14.0. The molecule has 4 aliphatic carbocycles. The van der Waals surface area contributed by atoms with E-state index in [1.165, 1.54) is 6.42 Å². The van der Waals surface area contributed by atoms with Gasteiger partial charge in [0.25, 0.3) is 0 Å². The van der Waals surface area contributed by atoms with Gasteiger partial charge in [-0.2, -0.15) is 5.10 Å². The molecule has 53 heavy (non-hydrogen) atoms. The molecule has 0 radical (unpaired) electrons. The molecule has 1 N–H and O–H groups in total. The lowest BCUT2D eigenvalue weighted by atomic mass is 9.33. The molecule has 9 nitrogen and oxygen atoms in total. The summed E-state index contributed by atoms with van der Waals surface area (Å²) in [4.78, 5) is 25.2. The highest BCUT2D eigenvalue weighted by molar-refractivity contribution is 5.73. The third-order valence-electron chi connectivity index (χ3n) is 17.5. The molecule has 2 aromatic heterocycles. The second-order valence-corrected chi connectivity index (χ2v) is 19.8. The van der Waals surface area contributed by atoms with E-state index in [1.54, 1.807) is 11.9 Å². The number of hydrogen-bond donors (Lipinski definition) is 1. The SMILES string of the molecule is CC(C)[C@@H](C)[C@@]1(C)CC[C@]2(C)[C@H]3CC[C@H]4[C@@]5(C)CO[C@@H](C)[C@@]4(C[C@@H](n4ncnc4-c4ccncc4)[C@@H]5OC[C@H]4CCCN4C)C3=CC[C@@]2(C)[C@@H]1C(=O)O. The number of allylic oxidation sites excluding steroid dienone is 1. The lowest BCUT2D eigenvalue weighted by molar-refractivity contribution is -0.272. The van der Waals surface area contributed by atoms with Gasteiger partial charge in [0.2, 0.25) is 0 Å². The number of rotatable bonds is 8. The summed E-state index contributed by atoms with van der Waals surface area (Å²) in [5, 5.41) is 16.2. The molecule has 0 aromatic carbocycles. The molecule has 0 amide bonds. The van der Waals surface area contributed by atoms with Crippen LogP contribution in [0.1, 0.15) is 113 Å². The molecular formula is C44H65N5O4. The van der Waals surface area contributed by atoms with E-state index < -0.39 is 11.9 Å². The van der Waals surface area contributed by atoms with Crippen LogP contribution in [0.4, 0.5) is 0 Å². The molecule has 290 valence electrons. The lowest BCUT2D eigenvalue weighted by Crippen LogP contribution is -2.71. The van der Waals surface area contributed by atoms with Crippen molar-refractivity contribution in [3.05, 3.63) is 42.5 Å². The monoisotopic (exact) mass is 728 g/mol. The number of ether oxygens (including phenoxy) is 2. The van der Waals surface area contributed by atoms with E-state index in [2.05, 4.69) is 83.1 Å². The van der Waals surface area contributed by atoms with Crippen LogP contribution in [0.5, 0.6) is 0 Å². The predicted octanol–water partition coefficient (Wildman–Crippen LogP) is 8.34. The van der Waals surface area contributed by atoms with Crippen molar-refractivity contribution in [2.75, 3.05) is 26.8 Å². The van der Waals surface area contributed by atoms with E-state index in [0.717, 1.165) is 62.9 Å². The van der Waals surface area contributed by atoms with Crippen molar-refractivity contribution in [2.45, 2.75) is 131 Å². The van der Waals surface area contributed by atoms with Crippen LogP contribution in [0.25, 0.3) is 11.4 Å². The average molecular weight is 728 g/mol. The van der Waals surface area contributed by atoms with Gasteiger partial charge in [0.15, 0.2) is 5.82 Å². The number of fused-ring (bicyclic) bond motifs is 3. The smallest absolute Gasteiger partial charge is 0.307 e. The number of carboxylic acid groups (broad SMARTS) is 1. The van der Waals surface area contributed by atoms with Gasteiger partial charge in [-0.3, -0.25) is 9.78 Å². The minimum atomic E-state index is -0.612. The third kappa shape index (κ3) is 5.17. The zero-order valence-corrected chi connectivity index (χ0v) is 33.8. The molecule has 4 heterocycles. The number of nitrogens with zero attached hydrogens (tertiary/aromatic N) is 5. The Balaban J connectivity index is 1.25. The predicted molar refractivity (Wildman–Crippen MR) is 206 cm³/mol. The first-order chi connectivity index (χ1) is 25.1. The van der Waals surface area contributed by atoms with Gasteiger partial charge >= 0.3 is 5.97 Å². The van der Waals surface area contributed by atoms with Crippen molar-refractivity contribution in [2.24, 2.45) is 56.7 Å². The molecule has 0 spiro atoms. The van der Waals surface area contributed by atoms with Gasteiger partial charge in [-0.25, -0.2) is 9.67 Å². The molecule has 5 fully saturated rings. The summed E-state index contributed by atoms with van der Waals surface area (Å²) in [5.74, 6) is 1.26. The second-order valence-electron chi connectivity index (χ2n) is 19.8. The second kappa shape index (κ2) is 13.0. The van der Waals surface area contributed by atoms with Gasteiger partial charge < -0.3 is 19.5 Å². The lowest BCUT2D eigenvalue weighted by Gasteiger charge is -2.72. The first kappa shape index (κ1) is 37.3. The Morgan fingerprint density at radius 1 is 1.08 bits per heavy atom. The van der Waals surface area contributed by atoms with Gasteiger partial charge in [0, 0.05) is 34.8 Å². The van der Waals surface area contributed by atoms with Gasteiger partial charge in [0.1, 0.15) is 6.33 Å². The normalized spacial score (nSPS) is 44.5. The highest BCUT2D eigenvalue weighted by Gasteiger charge is 2.73. The average Bonchev–Trinajstić information content (AvgIpc) is 3.79. The summed E-state index contributed by atoms with van der Waals surface area (Å²) in [6.07, 6.45) is 16.0. The molecule has 3 saturated carbocycles. The Morgan fingerprint density at radius 2 is 1.83 bits per heavy atom. The molecule has 2 bridgehead atoms. The van der Waals surface area contributed by atoms with Gasteiger partial charge in [-0.1, -0.05) is 60.1 Å². The van der Waals surface area contributed by atoms with Crippen molar-refractivity contribution in [3.63, 3.8) is 0 Å². The molecule has 13 atom stereocenters. The van der Waals surface area contributed by atoms with Crippen molar-refractivity contribution in [3.8, 4) is 11.4 Å². The summed E-state index contributed by atoms with van der Waals surface area (Å²) < 4.78 is 16.5. The van der Waals surface area contributed by atoms with E-state index >= 15 is 0 Å². The van der Waals surface area contributed by atoms with E-state index in [-0.39, 0.29) is 45.3 Å². The number of pyridine rings is 1. The molecule has 2 aromatic rings. The first-order valence-electron chi connectivity index (χ1n) is 20.8. The van der Waals surface area contributed by atoms with Crippen LogP contribution < -0.4 is 0 Å². The number of likely N-dealkylation sites (N-methyl/N-ethyl adjacent to an activating group) is 1. The Morgan fingerprint density at radius 3 is 2.51 bits per heavy atom. The number of aliphatic carboxylic acids is 1. The van der Waals surface area contributed by atoms with Gasteiger partial charge in [0.05, 0.1) is 37.4 Å². The molecule has 6 aliphatic rings. The Kier molecular flexibility index (Phi) is 9.13. The maximum atomic E-state index is 13.6. The number of hydrogen-bond acceptors (Lipinski definition) is 7. The number of carboxylic acids is 1. The minimum Gasteiger partial charge on any atom is -0.481 e. The Labute approximate surface area is 317 Å². The largest absolute Gasteiger partial charge is 0.481 e. The highest BCUT2D eigenvalue weighted by atomic mass is 16.5. The van der Waals surface area contributed by atoms with Crippen molar-refractivity contribution in [1.29, 1.82) is 0 Å². The Hall–Kier alpha value is -2.62.